The Bertz CT molecular complexity index is 1580. The number of rotatable bonds is 8. The van der Waals surface area contributed by atoms with Crippen LogP contribution in [0.5, 0.6) is 11.5 Å². The van der Waals surface area contributed by atoms with Gasteiger partial charge in [0.15, 0.2) is 11.5 Å². The lowest BCUT2D eigenvalue weighted by molar-refractivity contribution is 0.0648. The number of benzene rings is 2. The maximum Gasteiger partial charge on any atom is 0.409 e. The third-order valence-electron chi connectivity index (χ3n) is 6.67. The summed E-state index contributed by atoms with van der Waals surface area (Å²) in [7, 11) is 4.32. The second kappa shape index (κ2) is 11.9. The molecule has 3 aromatic rings. The zero-order valence-corrected chi connectivity index (χ0v) is 22.3. The van der Waals surface area contributed by atoms with Crippen molar-refractivity contribution >= 4 is 23.3 Å². The molecule has 0 aliphatic carbocycles. The first-order chi connectivity index (χ1) is 19.1. The standard InChI is InChI=1S/C28H30N4O8/c1-30-14-21(25(34)31(2)28(30)38)18-9-10-32(19(11-18)15-33)26(35)20-12-23(39-3)24(13-22(20)29-27(36)37)40-16-17-7-5-4-6-8-17/h4-8,11-14,19,29,33H,9-10,15-16H2,1-3H3,(H,36,37). The highest BCUT2D eigenvalue weighted by Gasteiger charge is 2.31. The van der Waals surface area contributed by atoms with E-state index in [4.69, 9.17) is 9.47 Å². The predicted molar refractivity (Wildman–Crippen MR) is 147 cm³/mol. The van der Waals surface area contributed by atoms with Crippen molar-refractivity contribution in [1.82, 2.24) is 14.0 Å². The van der Waals surface area contributed by atoms with Crippen molar-refractivity contribution in [2.45, 2.75) is 19.1 Å². The summed E-state index contributed by atoms with van der Waals surface area (Å²) < 4.78 is 13.6. The highest BCUT2D eigenvalue weighted by Crippen LogP contribution is 2.36. The molecule has 1 unspecified atom stereocenters. The number of nitrogens with zero attached hydrogens (tertiary/aromatic N) is 3. The van der Waals surface area contributed by atoms with E-state index in [1.54, 1.807) is 6.08 Å². The molecule has 4 rings (SSSR count). The van der Waals surface area contributed by atoms with E-state index >= 15 is 0 Å². The Balaban J connectivity index is 1.68. The third-order valence-corrected chi connectivity index (χ3v) is 6.67. The van der Waals surface area contributed by atoms with Crippen LogP contribution < -0.4 is 26.0 Å². The average molecular weight is 551 g/mol. The van der Waals surface area contributed by atoms with Gasteiger partial charge in [-0.25, -0.2) is 9.59 Å². The van der Waals surface area contributed by atoms with Crippen molar-refractivity contribution in [3.63, 3.8) is 0 Å². The molecule has 2 amide bonds. The highest BCUT2D eigenvalue weighted by atomic mass is 16.5. The Hall–Kier alpha value is -4.84. The fraction of sp³-hybridized carbons (Fsp3) is 0.286. The molecule has 1 aliphatic heterocycles. The van der Waals surface area contributed by atoms with Crippen molar-refractivity contribution in [3.05, 3.63) is 92.3 Å². The first-order valence-corrected chi connectivity index (χ1v) is 12.4. The fourth-order valence-electron chi connectivity index (χ4n) is 4.59. The van der Waals surface area contributed by atoms with Crippen LogP contribution in [0.2, 0.25) is 0 Å². The van der Waals surface area contributed by atoms with Gasteiger partial charge in [-0.3, -0.25) is 19.5 Å². The number of nitrogens with one attached hydrogen (secondary N) is 1. The Labute approximate surface area is 229 Å². The van der Waals surface area contributed by atoms with E-state index in [0.717, 1.165) is 10.1 Å². The van der Waals surface area contributed by atoms with Crippen LogP contribution in [-0.2, 0) is 20.7 Å². The Kier molecular flexibility index (Phi) is 8.39. The van der Waals surface area contributed by atoms with E-state index in [1.165, 1.54) is 49.0 Å². The van der Waals surface area contributed by atoms with Crippen LogP contribution in [0.15, 0.2) is 64.3 Å². The van der Waals surface area contributed by atoms with Crippen molar-refractivity contribution in [2.75, 3.05) is 25.6 Å². The number of hydrogen-bond acceptors (Lipinski definition) is 7. The Morgan fingerprint density at radius 2 is 1.82 bits per heavy atom. The summed E-state index contributed by atoms with van der Waals surface area (Å²) in [6.07, 6.45) is 1.95. The monoisotopic (exact) mass is 550 g/mol. The summed E-state index contributed by atoms with van der Waals surface area (Å²) in [6, 6.07) is 11.3. The molecule has 0 saturated heterocycles. The van der Waals surface area contributed by atoms with Gasteiger partial charge in [-0.15, -0.1) is 0 Å². The molecule has 1 aromatic heterocycles. The smallest absolute Gasteiger partial charge is 0.409 e. The van der Waals surface area contributed by atoms with Crippen LogP contribution >= 0.6 is 0 Å². The zero-order chi connectivity index (χ0) is 29.0. The largest absolute Gasteiger partial charge is 0.493 e. The molecule has 40 heavy (non-hydrogen) atoms. The van der Waals surface area contributed by atoms with Crippen molar-refractivity contribution in [2.24, 2.45) is 14.1 Å². The van der Waals surface area contributed by atoms with Gasteiger partial charge in [0.2, 0.25) is 0 Å². The average Bonchev–Trinajstić information content (AvgIpc) is 2.96. The number of aliphatic hydroxyl groups excluding tert-OH is 1. The van der Waals surface area contributed by atoms with E-state index in [1.807, 2.05) is 30.3 Å². The lowest BCUT2D eigenvalue weighted by Crippen LogP contribution is -2.45. The lowest BCUT2D eigenvalue weighted by Gasteiger charge is -2.34. The quantitative estimate of drug-likeness (QED) is 0.385. The number of ether oxygens (including phenoxy) is 2. The number of anilines is 1. The molecule has 3 N–H and O–H groups in total. The van der Waals surface area contributed by atoms with E-state index in [-0.39, 0.29) is 42.3 Å². The van der Waals surface area contributed by atoms with E-state index < -0.39 is 35.9 Å². The summed E-state index contributed by atoms with van der Waals surface area (Å²) in [4.78, 5) is 51.5. The van der Waals surface area contributed by atoms with Gasteiger partial charge in [0, 0.05) is 32.9 Å². The minimum atomic E-state index is -1.38. The topological polar surface area (TPSA) is 152 Å². The number of aromatic nitrogens is 2. The molecule has 2 heterocycles. The van der Waals surface area contributed by atoms with Crippen LogP contribution in [0.1, 0.15) is 27.9 Å². The number of methoxy groups -OCH3 is 1. The maximum absolute atomic E-state index is 13.7. The number of carbonyl (C=O) groups excluding carboxylic acids is 1. The maximum atomic E-state index is 13.7. The van der Waals surface area contributed by atoms with Gasteiger partial charge < -0.3 is 29.2 Å². The molecule has 0 saturated carbocycles. The van der Waals surface area contributed by atoms with Gasteiger partial charge in [0.05, 0.1) is 36.6 Å². The number of carboxylic acid groups (broad SMARTS) is 1. The van der Waals surface area contributed by atoms with Gasteiger partial charge in [0.25, 0.3) is 11.5 Å². The van der Waals surface area contributed by atoms with Gasteiger partial charge in [-0.2, -0.15) is 0 Å². The second-order valence-electron chi connectivity index (χ2n) is 9.24. The van der Waals surface area contributed by atoms with Crippen molar-refractivity contribution in [1.29, 1.82) is 0 Å². The summed E-state index contributed by atoms with van der Waals surface area (Å²) in [5, 5.41) is 21.9. The van der Waals surface area contributed by atoms with E-state index in [9.17, 15) is 29.4 Å². The number of aliphatic hydroxyl groups is 1. The first kappa shape index (κ1) is 28.2. The number of aryl methyl sites for hydroxylation is 1. The first-order valence-electron chi connectivity index (χ1n) is 12.4. The summed E-state index contributed by atoms with van der Waals surface area (Å²) in [5.41, 5.74) is 0.807. The third kappa shape index (κ3) is 5.76. The van der Waals surface area contributed by atoms with Crippen molar-refractivity contribution in [3.8, 4) is 11.5 Å². The molecular formula is C28H30N4O8. The summed E-state index contributed by atoms with van der Waals surface area (Å²) in [6.45, 7) is -0.130. The SMILES string of the molecule is COc1cc(C(=O)N2CCC(c3cn(C)c(=O)n(C)c3=O)=CC2CO)c(NC(=O)O)cc1OCc1ccccc1. The van der Waals surface area contributed by atoms with Crippen LogP contribution in [-0.4, -0.2) is 62.6 Å². The molecular weight excluding hydrogens is 520 g/mol. The molecule has 210 valence electrons. The van der Waals surface area contributed by atoms with Crippen LogP contribution in [0.3, 0.4) is 0 Å². The zero-order valence-electron chi connectivity index (χ0n) is 22.3. The van der Waals surface area contributed by atoms with Crippen molar-refractivity contribution < 1.29 is 29.3 Å². The highest BCUT2D eigenvalue weighted by molar-refractivity contribution is 6.04. The van der Waals surface area contributed by atoms with Crippen LogP contribution in [0.25, 0.3) is 5.57 Å². The second-order valence-corrected chi connectivity index (χ2v) is 9.24. The van der Waals surface area contributed by atoms with E-state index in [0.29, 0.717) is 11.1 Å². The Morgan fingerprint density at radius 3 is 2.48 bits per heavy atom. The van der Waals surface area contributed by atoms with Crippen LogP contribution in [0.4, 0.5) is 10.5 Å². The Morgan fingerprint density at radius 1 is 1.10 bits per heavy atom. The van der Waals surface area contributed by atoms with Gasteiger partial charge in [0.1, 0.15) is 6.61 Å². The lowest BCUT2D eigenvalue weighted by atomic mass is 9.96. The number of carbonyl (C=O) groups is 2. The molecule has 12 nitrogen and oxygen atoms in total. The molecule has 0 fully saturated rings. The minimum absolute atomic E-state index is 0.000340. The fourth-order valence-corrected chi connectivity index (χ4v) is 4.59. The molecule has 0 spiro atoms. The number of amides is 2. The molecule has 12 heteroatoms. The summed E-state index contributed by atoms with van der Waals surface area (Å²) >= 11 is 0. The predicted octanol–water partition coefficient (Wildman–Crippen LogP) is 2.05. The van der Waals surface area contributed by atoms with Gasteiger partial charge in [-0.1, -0.05) is 36.4 Å². The molecule has 0 radical (unpaired) electrons. The molecule has 2 aromatic carbocycles. The van der Waals surface area contributed by atoms with Gasteiger partial charge in [-0.05, 0) is 23.6 Å². The van der Waals surface area contributed by atoms with Crippen LogP contribution in [0, 0.1) is 0 Å². The minimum Gasteiger partial charge on any atom is -0.493 e. The van der Waals surface area contributed by atoms with E-state index in [2.05, 4.69) is 5.32 Å². The molecule has 1 aliphatic rings. The normalized spacial score (nSPS) is 14.8. The molecule has 1 atom stereocenters. The summed E-state index contributed by atoms with van der Waals surface area (Å²) in [5.74, 6) is -0.103. The van der Waals surface area contributed by atoms with Gasteiger partial charge >= 0.3 is 11.8 Å². The number of hydrogen-bond donors (Lipinski definition) is 3. The molecule has 0 bridgehead atoms.